The highest BCUT2D eigenvalue weighted by molar-refractivity contribution is 5.84. The summed E-state index contributed by atoms with van der Waals surface area (Å²) in [6, 6.07) is 20.3. The highest BCUT2D eigenvalue weighted by atomic mass is 16.5. The van der Waals surface area contributed by atoms with Crippen molar-refractivity contribution in [2.45, 2.75) is 26.4 Å². The summed E-state index contributed by atoms with van der Waals surface area (Å²) in [5.74, 6) is 2.40. The van der Waals surface area contributed by atoms with E-state index in [4.69, 9.17) is 15.2 Å². The van der Waals surface area contributed by atoms with E-state index in [1.807, 2.05) is 44.2 Å². The molecule has 0 aromatic heterocycles. The van der Waals surface area contributed by atoms with Crippen LogP contribution >= 0.6 is 0 Å². The van der Waals surface area contributed by atoms with E-state index in [9.17, 15) is 0 Å². The van der Waals surface area contributed by atoms with Gasteiger partial charge in [0.25, 0.3) is 0 Å². The van der Waals surface area contributed by atoms with Crippen LogP contribution < -0.4 is 15.2 Å². The van der Waals surface area contributed by atoms with Gasteiger partial charge in [0.1, 0.15) is 17.2 Å². The van der Waals surface area contributed by atoms with Crippen LogP contribution in [0.25, 0.3) is 10.8 Å². The highest BCUT2D eigenvalue weighted by Gasteiger charge is 2.03. The van der Waals surface area contributed by atoms with Crippen molar-refractivity contribution in [3.63, 3.8) is 0 Å². The molecular formula is C21H23NO2. The molecule has 0 saturated carbocycles. The van der Waals surface area contributed by atoms with E-state index in [-0.39, 0.29) is 6.10 Å². The lowest BCUT2D eigenvalue weighted by Gasteiger charge is -2.12. The molecule has 0 bridgehead atoms. The molecule has 0 heterocycles. The third kappa shape index (κ3) is 4.06. The number of nitrogens with two attached hydrogens (primary N) is 1. The van der Waals surface area contributed by atoms with E-state index in [1.165, 1.54) is 10.9 Å². The van der Waals surface area contributed by atoms with E-state index in [2.05, 4.69) is 30.3 Å². The van der Waals surface area contributed by atoms with Crippen molar-refractivity contribution in [3.05, 3.63) is 66.2 Å². The molecule has 3 aromatic rings. The normalized spacial score (nSPS) is 11.0. The minimum atomic E-state index is 0.142. The lowest BCUT2D eigenvalue weighted by molar-refractivity contribution is 0.241. The molecule has 3 heteroatoms. The highest BCUT2D eigenvalue weighted by Crippen LogP contribution is 2.28. The Hall–Kier alpha value is -2.52. The van der Waals surface area contributed by atoms with Crippen LogP contribution in [0.15, 0.2) is 60.7 Å². The standard InChI is InChI=1S/C21H23NO2/c1-15(2)23-19-4-3-5-20(14-19)24-21-9-8-17-12-16(10-11-22)6-7-18(17)13-21/h3-9,12-15H,10-11,22H2,1-2H3. The van der Waals surface area contributed by atoms with Gasteiger partial charge in [0.15, 0.2) is 0 Å². The third-order valence-electron chi connectivity index (χ3n) is 3.72. The Bertz CT molecular complexity index is 827. The number of hydrogen-bond acceptors (Lipinski definition) is 3. The van der Waals surface area contributed by atoms with Gasteiger partial charge in [-0.2, -0.15) is 0 Å². The molecule has 3 aromatic carbocycles. The maximum absolute atomic E-state index is 5.99. The molecule has 0 fully saturated rings. The fraction of sp³-hybridized carbons (Fsp3) is 0.238. The van der Waals surface area contributed by atoms with Crippen LogP contribution in [0.1, 0.15) is 19.4 Å². The van der Waals surface area contributed by atoms with E-state index in [1.54, 1.807) is 0 Å². The quantitative estimate of drug-likeness (QED) is 0.701. The largest absolute Gasteiger partial charge is 0.491 e. The average Bonchev–Trinajstić information content (AvgIpc) is 2.55. The van der Waals surface area contributed by atoms with Gasteiger partial charge in [-0.15, -0.1) is 0 Å². The van der Waals surface area contributed by atoms with E-state index in [0.717, 1.165) is 29.1 Å². The summed E-state index contributed by atoms with van der Waals surface area (Å²) in [6.45, 7) is 4.69. The molecule has 0 spiro atoms. The molecule has 0 atom stereocenters. The predicted octanol–water partition coefficient (Wildman–Crippen LogP) is 4.92. The number of rotatable bonds is 6. The van der Waals surface area contributed by atoms with Crippen molar-refractivity contribution < 1.29 is 9.47 Å². The second-order valence-electron chi connectivity index (χ2n) is 6.13. The zero-order chi connectivity index (χ0) is 16.9. The molecule has 124 valence electrons. The van der Waals surface area contributed by atoms with Gasteiger partial charge in [0, 0.05) is 6.07 Å². The fourth-order valence-corrected chi connectivity index (χ4v) is 2.68. The minimum absolute atomic E-state index is 0.142. The summed E-state index contributed by atoms with van der Waals surface area (Å²) >= 11 is 0. The average molecular weight is 321 g/mol. The third-order valence-corrected chi connectivity index (χ3v) is 3.72. The fourth-order valence-electron chi connectivity index (χ4n) is 2.68. The summed E-state index contributed by atoms with van der Waals surface area (Å²) in [5.41, 5.74) is 6.89. The smallest absolute Gasteiger partial charge is 0.131 e. The molecule has 0 unspecified atom stereocenters. The lowest BCUT2D eigenvalue weighted by Crippen LogP contribution is -2.05. The Kier molecular flexibility index (Phi) is 5.02. The van der Waals surface area contributed by atoms with Gasteiger partial charge in [-0.3, -0.25) is 0 Å². The van der Waals surface area contributed by atoms with Crippen LogP contribution in [0.4, 0.5) is 0 Å². The minimum Gasteiger partial charge on any atom is -0.491 e. The molecule has 0 amide bonds. The summed E-state index contributed by atoms with van der Waals surface area (Å²) in [6.07, 6.45) is 1.04. The second kappa shape index (κ2) is 7.37. The maximum atomic E-state index is 5.99. The van der Waals surface area contributed by atoms with Gasteiger partial charge in [-0.1, -0.05) is 30.3 Å². The molecule has 0 aliphatic carbocycles. The van der Waals surface area contributed by atoms with Gasteiger partial charge >= 0.3 is 0 Å². The number of fused-ring (bicyclic) bond motifs is 1. The van der Waals surface area contributed by atoms with Crippen LogP contribution in [0.2, 0.25) is 0 Å². The number of benzene rings is 3. The van der Waals surface area contributed by atoms with Crippen molar-refractivity contribution in [1.29, 1.82) is 0 Å². The van der Waals surface area contributed by atoms with Crippen molar-refractivity contribution in [2.24, 2.45) is 5.73 Å². The monoisotopic (exact) mass is 321 g/mol. The predicted molar refractivity (Wildman–Crippen MR) is 99.0 cm³/mol. The number of hydrogen-bond donors (Lipinski definition) is 1. The van der Waals surface area contributed by atoms with Gasteiger partial charge in [0.05, 0.1) is 6.10 Å². The Balaban J connectivity index is 1.81. The van der Waals surface area contributed by atoms with Gasteiger partial charge in [-0.25, -0.2) is 0 Å². The van der Waals surface area contributed by atoms with E-state index >= 15 is 0 Å². The molecule has 3 rings (SSSR count). The first kappa shape index (κ1) is 16.3. The first-order chi connectivity index (χ1) is 11.6. The molecule has 24 heavy (non-hydrogen) atoms. The van der Waals surface area contributed by atoms with Gasteiger partial charge in [0.2, 0.25) is 0 Å². The molecule has 3 nitrogen and oxygen atoms in total. The van der Waals surface area contributed by atoms with Crippen molar-refractivity contribution in [2.75, 3.05) is 6.54 Å². The number of ether oxygens (including phenoxy) is 2. The van der Waals surface area contributed by atoms with Crippen LogP contribution in [0, 0.1) is 0 Å². The Morgan fingerprint density at radius 3 is 2.33 bits per heavy atom. The summed E-state index contributed by atoms with van der Waals surface area (Å²) in [4.78, 5) is 0. The van der Waals surface area contributed by atoms with Crippen LogP contribution in [0.3, 0.4) is 0 Å². The zero-order valence-electron chi connectivity index (χ0n) is 14.2. The molecule has 0 saturated heterocycles. The van der Waals surface area contributed by atoms with Crippen molar-refractivity contribution >= 4 is 10.8 Å². The first-order valence-corrected chi connectivity index (χ1v) is 8.31. The SMILES string of the molecule is CC(C)Oc1cccc(Oc2ccc3cc(CCN)ccc3c2)c1. The summed E-state index contributed by atoms with van der Waals surface area (Å²) in [7, 11) is 0. The van der Waals surface area contributed by atoms with E-state index in [0.29, 0.717) is 6.54 Å². The molecule has 0 aliphatic heterocycles. The second-order valence-corrected chi connectivity index (χ2v) is 6.13. The van der Waals surface area contributed by atoms with Crippen LogP contribution in [-0.2, 0) is 6.42 Å². The zero-order valence-corrected chi connectivity index (χ0v) is 14.2. The first-order valence-electron chi connectivity index (χ1n) is 8.31. The molecule has 2 N–H and O–H groups in total. The summed E-state index contributed by atoms with van der Waals surface area (Å²) in [5, 5.41) is 2.35. The topological polar surface area (TPSA) is 44.5 Å². The maximum Gasteiger partial charge on any atom is 0.131 e. The molecule has 0 aliphatic rings. The molecule has 0 radical (unpaired) electrons. The Labute approximate surface area is 143 Å². The van der Waals surface area contributed by atoms with Gasteiger partial charge < -0.3 is 15.2 Å². The van der Waals surface area contributed by atoms with Gasteiger partial charge in [-0.05, 0) is 67.4 Å². The Morgan fingerprint density at radius 1 is 0.833 bits per heavy atom. The molecular weight excluding hydrogens is 298 g/mol. The summed E-state index contributed by atoms with van der Waals surface area (Å²) < 4.78 is 11.7. The van der Waals surface area contributed by atoms with Crippen LogP contribution in [-0.4, -0.2) is 12.6 Å². The van der Waals surface area contributed by atoms with Crippen molar-refractivity contribution in [1.82, 2.24) is 0 Å². The van der Waals surface area contributed by atoms with Crippen molar-refractivity contribution in [3.8, 4) is 17.2 Å². The lowest BCUT2D eigenvalue weighted by atomic mass is 10.0. The van der Waals surface area contributed by atoms with E-state index < -0.39 is 0 Å². The van der Waals surface area contributed by atoms with Crippen LogP contribution in [0.5, 0.6) is 17.2 Å². The Morgan fingerprint density at radius 2 is 1.54 bits per heavy atom.